The predicted molar refractivity (Wildman–Crippen MR) is 104 cm³/mol. The third-order valence-electron chi connectivity index (χ3n) is 7.59. The average molecular weight is 389 g/mol. The molecule has 27 heavy (non-hydrogen) atoms. The van der Waals surface area contributed by atoms with Gasteiger partial charge in [0.05, 0.1) is 23.8 Å². The van der Waals surface area contributed by atoms with Crippen LogP contribution in [0, 0.1) is 17.3 Å². The van der Waals surface area contributed by atoms with Crippen molar-refractivity contribution in [3.8, 4) is 0 Å². The Morgan fingerprint density at radius 1 is 1.33 bits per heavy atom. The first-order chi connectivity index (χ1) is 13.0. The summed E-state index contributed by atoms with van der Waals surface area (Å²) in [4.78, 5) is 27.5. The lowest BCUT2D eigenvalue weighted by molar-refractivity contribution is -0.130. The van der Waals surface area contributed by atoms with Gasteiger partial charge < -0.3 is 15.0 Å². The molecule has 4 fully saturated rings. The number of likely N-dealkylation sites (tertiary alicyclic amines) is 1. The van der Waals surface area contributed by atoms with E-state index in [1.165, 1.54) is 0 Å². The van der Waals surface area contributed by atoms with Crippen molar-refractivity contribution in [1.29, 1.82) is 0 Å². The third-order valence-corrected chi connectivity index (χ3v) is 8.28. The van der Waals surface area contributed by atoms with Gasteiger partial charge in [0.25, 0.3) is 5.91 Å². The number of hydrogen-bond donors (Lipinski definition) is 1. The van der Waals surface area contributed by atoms with Crippen LogP contribution in [0.1, 0.15) is 55.8 Å². The van der Waals surface area contributed by atoms with Crippen molar-refractivity contribution in [2.75, 3.05) is 19.6 Å². The van der Waals surface area contributed by atoms with Crippen LogP contribution in [-0.2, 0) is 9.53 Å². The molecule has 1 aromatic rings. The molecule has 1 spiro atoms. The lowest BCUT2D eigenvalue weighted by Crippen LogP contribution is -2.45. The van der Waals surface area contributed by atoms with E-state index >= 15 is 0 Å². The quantitative estimate of drug-likeness (QED) is 0.862. The normalized spacial score (nSPS) is 36.2. The average Bonchev–Trinajstić information content (AvgIpc) is 3.45. The molecular formula is C21H28N2O3S. The number of hydrogen-bond acceptors (Lipinski definition) is 4. The fraction of sp³-hybridized carbons (Fsp3) is 0.714. The first-order valence-electron chi connectivity index (χ1n) is 10.3. The second kappa shape index (κ2) is 6.31. The van der Waals surface area contributed by atoms with Gasteiger partial charge in [-0.15, -0.1) is 0 Å². The number of nitrogens with zero attached hydrogens (tertiary/aromatic N) is 1. The zero-order chi connectivity index (χ0) is 18.6. The Labute approximate surface area is 164 Å². The van der Waals surface area contributed by atoms with Gasteiger partial charge in [0.1, 0.15) is 0 Å². The SMILES string of the molecule is CC1(C(=O)NC[C@H]2[C@H]3CN(C(=O)c4ccsc4)C[C@]34CC[C@H]2O4)CCCC1. The van der Waals surface area contributed by atoms with Gasteiger partial charge in [-0.25, -0.2) is 0 Å². The van der Waals surface area contributed by atoms with E-state index in [2.05, 4.69) is 12.2 Å². The summed E-state index contributed by atoms with van der Waals surface area (Å²) in [6.07, 6.45) is 6.64. The first-order valence-corrected chi connectivity index (χ1v) is 11.2. The number of nitrogens with one attached hydrogen (secondary N) is 1. The summed E-state index contributed by atoms with van der Waals surface area (Å²) < 4.78 is 6.43. The molecule has 1 N–H and O–H groups in total. The molecule has 0 unspecified atom stereocenters. The van der Waals surface area contributed by atoms with Crippen molar-refractivity contribution < 1.29 is 14.3 Å². The number of rotatable bonds is 4. The zero-order valence-electron chi connectivity index (χ0n) is 15.9. The van der Waals surface area contributed by atoms with Crippen LogP contribution >= 0.6 is 11.3 Å². The Hall–Kier alpha value is -1.40. The third kappa shape index (κ3) is 2.75. The zero-order valence-corrected chi connectivity index (χ0v) is 16.7. The predicted octanol–water partition coefficient (Wildman–Crippen LogP) is 3.06. The fourth-order valence-corrected chi connectivity index (χ4v) is 6.62. The number of carbonyl (C=O) groups is 2. The maximum absolute atomic E-state index is 12.8. The first kappa shape index (κ1) is 17.7. The smallest absolute Gasteiger partial charge is 0.254 e. The summed E-state index contributed by atoms with van der Waals surface area (Å²) in [5.41, 5.74) is 0.417. The van der Waals surface area contributed by atoms with E-state index in [9.17, 15) is 9.59 Å². The molecule has 5 rings (SSSR count). The minimum Gasteiger partial charge on any atom is -0.369 e. The fourth-order valence-electron chi connectivity index (χ4n) is 5.99. The highest BCUT2D eigenvalue weighted by Gasteiger charge is 2.63. The van der Waals surface area contributed by atoms with Crippen LogP contribution in [0.5, 0.6) is 0 Å². The van der Waals surface area contributed by atoms with Crippen LogP contribution in [-0.4, -0.2) is 48.1 Å². The van der Waals surface area contributed by atoms with E-state index in [1.54, 1.807) is 11.3 Å². The maximum Gasteiger partial charge on any atom is 0.254 e. The maximum atomic E-state index is 12.8. The van der Waals surface area contributed by atoms with Gasteiger partial charge in [-0.05, 0) is 37.1 Å². The van der Waals surface area contributed by atoms with Gasteiger partial charge in [-0.2, -0.15) is 11.3 Å². The molecule has 5 nitrogen and oxygen atoms in total. The lowest BCUT2D eigenvalue weighted by Gasteiger charge is -2.30. The summed E-state index contributed by atoms with van der Waals surface area (Å²) in [5, 5.41) is 7.13. The second-order valence-corrected chi connectivity index (χ2v) is 9.99. The van der Waals surface area contributed by atoms with Gasteiger partial charge in [0, 0.05) is 35.7 Å². The Morgan fingerprint density at radius 2 is 2.15 bits per heavy atom. The molecule has 6 heteroatoms. The molecule has 1 saturated carbocycles. The van der Waals surface area contributed by atoms with Crippen LogP contribution in [0.25, 0.3) is 0 Å². The van der Waals surface area contributed by atoms with Crippen molar-refractivity contribution in [1.82, 2.24) is 10.2 Å². The van der Waals surface area contributed by atoms with E-state index < -0.39 is 0 Å². The molecule has 4 aliphatic rings. The van der Waals surface area contributed by atoms with E-state index in [0.717, 1.165) is 50.6 Å². The van der Waals surface area contributed by atoms with E-state index in [1.807, 2.05) is 21.7 Å². The second-order valence-electron chi connectivity index (χ2n) is 9.21. The van der Waals surface area contributed by atoms with Gasteiger partial charge in [-0.1, -0.05) is 19.8 Å². The van der Waals surface area contributed by atoms with Crippen LogP contribution in [0.15, 0.2) is 16.8 Å². The Bertz CT molecular complexity index is 743. The highest BCUT2D eigenvalue weighted by Crippen LogP contribution is 2.55. The largest absolute Gasteiger partial charge is 0.369 e. The number of ether oxygens (including phenoxy) is 1. The summed E-state index contributed by atoms with van der Waals surface area (Å²) in [7, 11) is 0. The minimum atomic E-state index is -0.188. The Morgan fingerprint density at radius 3 is 2.89 bits per heavy atom. The molecule has 0 radical (unpaired) electrons. The molecule has 3 saturated heterocycles. The van der Waals surface area contributed by atoms with Crippen LogP contribution in [0.4, 0.5) is 0 Å². The molecule has 1 aromatic heterocycles. The summed E-state index contributed by atoms with van der Waals surface area (Å²) in [6.45, 7) is 4.24. The highest BCUT2D eigenvalue weighted by molar-refractivity contribution is 7.08. The van der Waals surface area contributed by atoms with E-state index in [-0.39, 0.29) is 28.9 Å². The molecular weight excluding hydrogens is 360 g/mol. The topological polar surface area (TPSA) is 58.6 Å². The van der Waals surface area contributed by atoms with Gasteiger partial charge >= 0.3 is 0 Å². The number of carbonyl (C=O) groups excluding carboxylic acids is 2. The summed E-state index contributed by atoms with van der Waals surface area (Å²) in [5.74, 6) is 0.998. The number of amides is 2. The highest BCUT2D eigenvalue weighted by atomic mass is 32.1. The summed E-state index contributed by atoms with van der Waals surface area (Å²) >= 11 is 1.56. The monoisotopic (exact) mass is 388 g/mol. The van der Waals surface area contributed by atoms with Crippen molar-refractivity contribution in [3.63, 3.8) is 0 Å². The molecule has 3 aliphatic heterocycles. The van der Waals surface area contributed by atoms with Crippen molar-refractivity contribution in [3.05, 3.63) is 22.4 Å². The van der Waals surface area contributed by atoms with Gasteiger partial charge in [0.15, 0.2) is 0 Å². The minimum absolute atomic E-state index is 0.119. The number of thiophene rings is 1. The molecule has 4 atom stereocenters. The molecule has 146 valence electrons. The Balaban J connectivity index is 1.27. The molecule has 2 amide bonds. The van der Waals surface area contributed by atoms with E-state index in [0.29, 0.717) is 24.9 Å². The van der Waals surface area contributed by atoms with Crippen molar-refractivity contribution in [2.24, 2.45) is 17.3 Å². The Kier molecular flexibility index (Phi) is 4.13. The summed E-state index contributed by atoms with van der Waals surface area (Å²) in [6, 6.07) is 1.90. The molecule has 4 heterocycles. The van der Waals surface area contributed by atoms with Crippen LogP contribution in [0.3, 0.4) is 0 Å². The lowest BCUT2D eigenvalue weighted by atomic mass is 9.73. The standard InChI is InChI=1S/C21H28N2O3S/c1-20(6-2-3-7-20)19(25)22-10-15-16-11-23(18(24)14-5-9-27-12-14)13-21(16)8-4-17(15)26-21/h5,9,12,15-17H,2-4,6-8,10-11,13H2,1H3,(H,22,25)/t15-,16+,17+,21+/m0/s1. The molecule has 1 aliphatic carbocycles. The van der Waals surface area contributed by atoms with Crippen LogP contribution in [0.2, 0.25) is 0 Å². The van der Waals surface area contributed by atoms with Crippen LogP contribution < -0.4 is 5.32 Å². The van der Waals surface area contributed by atoms with E-state index in [4.69, 9.17) is 4.74 Å². The molecule has 0 aromatic carbocycles. The van der Waals surface area contributed by atoms with Crippen molar-refractivity contribution in [2.45, 2.75) is 57.2 Å². The molecule has 2 bridgehead atoms. The van der Waals surface area contributed by atoms with Crippen molar-refractivity contribution >= 4 is 23.2 Å². The van der Waals surface area contributed by atoms with Gasteiger partial charge in [-0.3, -0.25) is 9.59 Å². The van der Waals surface area contributed by atoms with Gasteiger partial charge in [0.2, 0.25) is 5.91 Å². The number of fused-ring (bicyclic) bond motifs is 1.